The quantitative estimate of drug-likeness (QED) is 0.312. The zero-order valence-electron chi connectivity index (χ0n) is 16.3. The Hall–Kier alpha value is -2.68. The first-order valence-corrected chi connectivity index (χ1v) is 12.2. The van der Waals surface area contributed by atoms with Crippen molar-refractivity contribution >= 4 is 76.7 Å². The van der Waals surface area contributed by atoms with Gasteiger partial charge in [0.25, 0.3) is 5.91 Å². The highest BCUT2D eigenvalue weighted by Gasteiger charge is 2.19. The van der Waals surface area contributed by atoms with Crippen LogP contribution in [0.25, 0.3) is 31.2 Å². The summed E-state index contributed by atoms with van der Waals surface area (Å²) in [6.07, 6.45) is 2.02. The lowest BCUT2D eigenvalue weighted by molar-refractivity contribution is 0.102. The summed E-state index contributed by atoms with van der Waals surface area (Å²) in [5, 5.41) is 5.41. The summed E-state index contributed by atoms with van der Waals surface area (Å²) in [7, 11) is 0. The van der Waals surface area contributed by atoms with Crippen molar-refractivity contribution in [2.45, 2.75) is 11.3 Å². The fourth-order valence-electron chi connectivity index (χ4n) is 3.41. The lowest BCUT2D eigenvalue weighted by atomic mass is 10.0. The minimum atomic E-state index is -0.223. The molecule has 3 aromatic carbocycles. The third-order valence-corrected chi connectivity index (χ3v) is 7.91. The van der Waals surface area contributed by atoms with Gasteiger partial charge in [-0.25, -0.2) is 9.97 Å². The first-order chi connectivity index (χ1) is 14.7. The second kappa shape index (κ2) is 7.86. The molecule has 0 spiro atoms. The molecule has 0 unspecified atom stereocenters. The Labute approximate surface area is 185 Å². The van der Waals surface area contributed by atoms with Gasteiger partial charge in [0.15, 0.2) is 9.47 Å². The number of thioether (sulfide) groups is 1. The third-order valence-electron chi connectivity index (χ3n) is 4.71. The number of amides is 1. The normalized spacial score (nSPS) is 11.4. The molecule has 0 saturated carbocycles. The van der Waals surface area contributed by atoms with E-state index in [4.69, 9.17) is 4.74 Å². The first-order valence-electron chi connectivity index (χ1n) is 9.38. The average molecular weight is 452 g/mol. The molecular formula is C22H17N3O2S3. The summed E-state index contributed by atoms with van der Waals surface area (Å²) in [5.74, 6) is 0.351. The summed E-state index contributed by atoms with van der Waals surface area (Å²) < 4.78 is 8.92. The number of ether oxygens (including phenoxy) is 1. The number of benzene rings is 3. The average Bonchev–Trinajstić information content (AvgIpc) is 3.36. The van der Waals surface area contributed by atoms with Crippen molar-refractivity contribution in [2.24, 2.45) is 0 Å². The molecular weight excluding hydrogens is 434 g/mol. The monoisotopic (exact) mass is 451 g/mol. The molecule has 30 heavy (non-hydrogen) atoms. The Morgan fingerprint density at radius 1 is 1.03 bits per heavy atom. The van der Waals surface area contributed by atoms with Crippen LogP contribution in [0.15, 0.2) is 52.9 Å². The molecule has 5 aromatic rings. The maximum Gasteiger partial charge on any atom is 0.261 e. The van der Waals surface area contributed by atoms with Gasteiger partial charge in [-0.15, -0.1) is 11.3 Å². The van der Waals surface area contributed by atoms with Crippen molar-refractivity contribution in [3.05, 3.63) is 54.1 Å². The van der Waals surface area contributed by atoms with Gasteiger partial charge in [0, 0.05) is 0 Å². The van der Waals surface area contributed by atoms with Crippen molar-refractivity contribution in [2.75, 3.05) is 18.2 Å². The molecule has 0 aliphatic carbocycles. The van der Waals surface area contributed by atoms with Gasteiger partial charge >= 0.3 is 0 Å². The minimum absolute atomic E-state index is 0.223. The summed E-state index contributed by atoms with van der Waals surface area (Å²) in [6.45, 7) is 2.40. The first kappa shape index (κ1) is 19.3. The van der Waals surface area contributed by atoms with Gasteiger partial charge < -0.3 is 4.74 Å². The summed E-state index contributed by atoms with van der Waals surface area (Å²) in [4.78, 5) is 22.5. The maximum atomic E-state index is 13.3. The van der Waals surface area contributed by atoms with Gasteiger partial charge in [0.2, 0.25) is 0 Å². The van der Waals surface area contributed by atoms with Crippen LogP contribution in [0.3, 0.4) is 0 Å². The molecule has 0 fully saturated rings. The van der Waals surface area contributed by atoms with Crippen LogP contribution in [0, 0.1) is 0 Å². The summed E-state index contributed by atoms with van der Waals surface area (Å²) in [5.41, 5.74) is 2.36. The molecule has 5 nitrogen and oxygen atoms in total. The highest BCUT2D eigenvalue weighted by Crippen LogP contribution is 2.38. The molecule has 0 bridgehead atoms. The molecule has 150 valence electrons. The Morgan fingerprint density at radius 2 is 1.80 bits per heavy atom. The molecule has 0 aliphatic rings. The predicted molar refractivity (Wildman–Crippen MR) is 128 cm³/mol. The third kappa shape index (κ3) is 3.30. The number of hydrogen-bond acceptors (Lipinski definition) is 7. The second-order valence-corrected chi connectivity index (χ2v) is 9.56. The van der Waals surface area contributed by atoms with E-state index >= 15 is 0 Å². The molecule has 8 heteroatoms. The highest BCUT2D eigenvalue weighted by atomic mass is 32.2. The van der Waals surface area contributed by atoms with Crippen LogP contribution in [0.2, 0.25) is 0 Å². The van der Waals surface area contributed by atoms with E-state index in [9.17, 15) is 4.79 Å². The number of aromatic nitrogens is 2. The van der Waals surface area contributed by atoms with E-state index in [1.54, 1.807) is 23.1 Å². The van der Waals surface area contributed by atoms with Crippen molar-refractivity contribution in [3.8, 4) is 5.75 Å². The van der Waals surface area contributed by atoms with E-state index in [1.807, 2.05) is 61.7 Å². The van der Waals surface area contributed by atoms with Crippen molar-refractivity contribution in [3.63, 3.8) is 0 Å². The number of hydrogen-bond donors (Lipinski definition) is 1. The van der Waals surface area contributed by atoms with Crippen molar-refractivity contribution in [1.82, 2.24) is 9.97 Å². The number of fused-ring (bicyclic) bond motifs is 4. The fraction of sp³-hybridized carbons (Fsp3) is 0.136. The number of carbonyl (C=O) groups excluding carboxylic acids is 1. The molecule has 2 aromatic heterocycles. The highest BCUT2D eigenvalue weighted by molar-refractivity contribution is 8.00. The number of nitrogens with one attached hydrogen (secondary N) is 1. The summed E-state index contributed by atoms with van der Waals surface area (Å²) >= 11 is 4.76. The van der Waals surface area contributed by atoms with Crippen LogP contribution in [0.4, 0.5) is 5.13 Å². The van der Waals surface area contributed by atoms with E-state index in [1.165, 1.54) is 11.3 Å². The SMILES string of the molecule is CCOc1ccc2ccccc2c1C(=O)Nc1nc2ccc3nc(SC)sc3c2s1. The molecule has 1 amide bonds. The van der Waals surface area contributed by atoms with Gasteiger partial charge in [-0.1, -0.05) is 53.4 Å². The molecule has 5 rings (SSSR count). The van der Waals surface area contributed by atoms with Crippen LogP contribution in [0.1, 0.15) is 17.3 Å². The molecule has 0 saturated heterocycles. The van der Waals surface area contributed by atoms with E-state index in [-0.39, 0.29) is 5.91 Å². The Morgan fingerprint density at radius 3 is 2.60 bits per heavy atom. The number of rotatable bonds is 5. The Bertz CT molecular complexity index is 1410. The van der Waals surface area contributed by atoms with Crippen LogP contribution in [-0.4, -0.2) is 28.7 Å². The smallest absolute Gasteiger partial charge is 0.261 e. The maximum absolute atomic E-state index is 13.3. The summed E-state index contributed by atoms with van der Waals surface area (Å²) in [6, 6.07) is 15.6. The van der Waals surface area contributed by atoms with E-state index < -0.39 is 0 Å². The van der Waals surface area contributed by atoms with Crippen molar-refractivity contribution in [1.29, 1.82) is 0 Å². The van der Waals surface area contributed by atoms with Crippen LogP contribution in [0.5, 0.6) is 5.75 Å². The van der Waals surface area contributed by atoms with Gasteiger partial charge in [-0.3, -0.25) is 10.1 Å². The zero-order valence-corrected chi connectivity index (χ0v) is 18.7. The minimum Gasteiger partial charge on any atom is -0.493 e. The largest absolute Gasteiger partial charge is 0.493 e. The second-order valence-electron chi connectivity index (χ2n) is 6.51. The number of carbonyl (C=O) groups is 1. The molecule has 2 heterocycles. The van der Waals surface area contributed by atoms with E-state index in [0.29, 0.717) is 23.1 Å². The van der Waals surface area contributed by atoms with Crippen LogP contribution < -0.4 is 10.1 Å². The molecule has 0 aliphatic heterocycles. The number of nitrogens with zero attached hydrogens (tertiary/aromatic N) is 2. The van der Waals surface area contributed by atoms with Crippen molar-refractivity contribution < 1.29 is 9.53 Å². The molecule has 0 atom stereocenters. The Kier molecular flexibility index (Phi) is 5.06. The standard InChI is InChI=1S/C22H17N3O2S3/c1-3-27-16-11-8-12-6-4-5-7-13(12)17(16)20(26)25-21-23-14-9-10-15-19(18(14)29-21)30-22(24-15)28-2/h4-11H,3H2,1-2H3,(H,23,25,26). The molecule has 0 radical (unpaired) electrons. The lowest BCUT2D eigenvalue weighted by Gasteiger charge is -2.12. The van der Waals surface area contributed by atoms with E-state index in [2.05, 4.69) is 15.3 Å². The van der Waals surface area contributed by atoms with Gasteiger partial charge in [-0.05, 0) is 42.2 Å². The number of anilines is 1. The van der Waals surface area contributed by atoms with Crippen LogP contribution in [-0.2, 0) is 0 Å². The predicted octanol–water partition coefficient (Wildman–Crippen LogP) is 6.43. The van der Waals surface area contributed by atoms with E-state index in [0.717, 1.165) is 35.5 Å². The zero-order chi connectivity index (χ0) is 20.7. The topological polar surface area (TPSA) is 64.1 Å². The fourth-order valence-corrected chi connectivity index (χ4v) is 6.07. The number of thiazole rings is 2. The lowest BCUT2D eigenvalue weighted by Crippen LogP contribution is -2.14. The van der Waals surface area contributed by atoms with Crippen LogP contribution >= 0.6 is 34.4 Å². The Balaban J connectivity index is 1.57. The van der Waals surface area contributed by atoms with Gasteiger partial charge in [0.1, 0.15) is 5.75 Å². The van der Waals surface area contributed by atoms with Gasteiger partial charge in [-0.2, -0.15) is 0 Å². The van der Waals surface area contributed by atoms with Gasteiger partial charge in [0.05, 0.1) is 32.6 Å². The molecule has 1 N–H and O–H groups in total.